The molecule has 0 bridgehead atoms. The van der Waals surface area contributed by atoms with Gasteiger partial charge in [-0.1, -0.05) is 38.8 Å². The molecule has 1 unspecified atom stereocenters. The molecule has 4 atom stereocenters. The predicted molar refractivity (Wildman–Crippen MR) is 85.6 cm³/mol. The summed E-state index contributed by atoms with van der Waals surface area (Å²) < 4.78 is 0. The highest BCUT2D eigenvalue weighted by Crippen LogP contribution is 2.59. The van der Waals surface area contributed by atoms with Gasteiger partial charge in [0.25, 0.3) is 0 Å². The zero-order chi connectivity index (χ0) is 14.8. The second-order valence-electron chi connectivity index (χ2n) is 7.85. The van der Waals surface area contributed by atoms with E-state index in [0.717, 1.165) is 18.3 Å². The number of allylic oxidation sites excluding steroid dienone is 2. The molecule has 2 rings (SSSR count). The van der Waals surface area contributed by atoms with E-state index in [4.69, 9.17) is 0 Å². The second kappa shape index (κ2) is 6.45. The van der Waals surface area contributed by atoms with E-state index in [1.165, 1.54) is 44.8 Å². The first-order chi connectivity index (χ1) is 9.49. The first-order valence-electron chi connectivity index (χ1n) is 8.61. The normalized spacial score (nSPS) is 38.0. The van der Waals surface area contributed by atoms with Crippen LogP contribution in [-0.4, -0.2) is 6.29 Å². The number of aldehydes is 1. The van der Waals surface area contributed by atoms with Crippen LogP contribution in [0.3, 0.4) is 0 Å². The molecule has 0 spiro atoms. The number of hydrogen-bond acceptors (Lipinski definition) is 1. The van der Waals surface area contributed by atoms with Crippen molar-refractivity contribution in [3.05, 3.63) is 11.6 Å². The van der Waals surface area contributed by atoms with E-state index in [1.807, 2.05) is 0 Å². The van der Waals surface area contributed by atoms with Crippen molar-refractivity contribution in [1.29, 1.82) is 0 Å². The molecule has 0 aromatic carbocycles. The van der Waals surface area contributed by atoms with Gasteiger partial charge in [0, 0.05) is 5.92 Å². The van der Waals surface area contributed by atoms with Crippen LogP contribution >= 0.6 is 0 Å². The van der Waals surface area contributed by atoms with Gasteiger partial charge in [0.15, 0.2) is 0 Å². The molecule has 1 nitrogen and oxygen atoms in total. The highest BCUT2D eigenvalue weighted by atomic mass is 16.1. The Morgan fingerprint density at radius 3 is 2.70 bits per heavy atom. The van der Waals surface area contributed by atoms with Gasteiger partial charge in [-0.05, 0) is 68.6 Å². The molecule has 2 aliphatic carbocycles. The minimum atomic E-state index is 0.335. The molecule has 0 amide bonds. The van der Waals surface area contributed by atoms with Gasteiger partial charge < -0.3 is 4.79 Å². The number of fused-ring (bicyclic) bond motifs is 1. The average Bonchev–Trinajstić information content (AvgIpc) is 2.75. The highest BCUT2D eigenvalue weighted by Gasteiger charge is 2.51. The van der Waals surface area contributed by atoms with E-state index >= 15 is 0 Å². The molecule has 0 heterocycles. The Hall–Kier alpha value is -0.590. The molecular formula is C19H32O. The summed E-state index contributed by atoms with van der Waals surface area (Å²) in [5.41, 5.74) is 1.99. The second-order valence-corrected chi connectivity index (χ2v) is 7.85. The molecular weight excluding hydrogens is 244 g/mol. The van der Waals surface area contributed by atoms with Crippen molar-refractivity contribution in [1.82, 2.24) is 0 Å². The zero-order valence-electron chi connectivity index (χ0n) is 13.8. The van der Waals surface area contributed by atoms with Crippen molar-refractivity contribution in [2.45, 2.75) is 72.6 Å². The van der Waals surface area contributed by atoms with Gasteiger partial charge in [0.2, 0.25) is 0 Å². The quantitative estimate of drug-likeness (QED) is 0.485. The molecule has 20 heavy (non-hydrogen) atoms. The number of carbonyl (C=O) groups is 1. The molecule has 0 N–H and O–H groups in total. The largest absolute Gasteiger partial charge is 0.303 e. The van der Waals surface area contributed by atoms with E-state index in [2.05, 4.69) is 33.8 Å². The predicted octanol–water partition coefficient (Wildman–Crippen LogP) is 5.40. The molecule has 2 aliphatic rings. The molecule has 114 valence electrons. The minimum Gasteiger partial charge on any atom is -0.303 e. The molecule has 0 radical (unpaired) electrons. The molecule has 2 fully saturated rings. The van der Waals surface area contributed by atoms with Crippen molar-refractivity contribution in [3.63, 3.8) is 0 Å². The Kier molecular flexibility index (Phi) is 5.09. The SMILES string of the molecule is C/C(=C\CCC(C)C)[C@H]1CC[C@H]2C(C=O)CCC[C@]12C. The number of rotatable bonds is 5. The van der Waals surface area contributed by atoms with E-state index in [9.17, 15) is 4.79 Å². The van der Waals surface area contributed by atoms with Crippen LogP contribution in [0.25, 0.3) is 0 Å². The Labute approximate surface area is 125 Å². The van der Waals surface area contributed by atoms with E-state index in [0.29, 0.717) is 17.3 Å². The Bertz CT molecular complexity index is 368. The van der Waals surface area contributed by atoms with E-state index in [-0.39, 0.29) is 0 Å². The van der Waals surface area contributed by atoms with Crippen LogP contribution < -0.4 is 0 Å². The fraction of sp³-hybridized carbons (Fsp3) is 0.842. The summed E-state index contributed by atoms with van der Waals surface area (Å²) >= 11 is 0. The summed E-state index contributed by atoms with van der Waals surface area (Å²) in [6.07, 6.45) is 12.5. The first kappa shape index (κ1) is 15.8. The molecule has 1 heteroatoms. The molecule has 0 aromatic heterocycles. The smallest absolute Gasteiger partial charge is 0.123 e. The van der Waals surface area contributed by atoms with Crippen molar-refractivity contribution < 1.29 is 4.79 Å². The maximum atomic E-state index is 11.4. The summed E-state index contributed by atoms with van der Waals surface area (Å²) in [4.78, 5) is 11.4. The molecule has 0 aromatic rings. The van der Waals surface area contributed by atoms with Crippen LogP contribution in [0.15, 0.2) is 11.6 Å². The number of hydrogen-bond donors (Lipinski definition) is 0. The third-order valence-corrected chi connectivity index (χ3v) is 6.11. The fourth-order valence-corrected chi connectivity index (χ4v) is 4.94. The molecule has 2 saturated carbocycles. The van der Waals surface area contributed by atoms with E-state index < -0.39 is 0 Å². The van der Waals surface area contributed by atoms with Crippen LogP contribution in [0.1, 0.15) is 72.6 Å². The van der Waals surface area contributed by atoms with Gasteiger partial charge in [-0.2, -0.15) is 0 Å². The molecule has 0 saturated heterocycles. The summed E-state index contributed by atoms with van der Waals surface area (Å²) in [5, 5.41) is 0. The first-order valence-corrected chi connectivity index (χ1v) is 8.61. The van der Waals surface area contributed by atoms with Crippen LogP contribution in [0.5, 0.6) is 0 Å². The lowest BCUT2D eigenvalue weighted by Gasteiger charge is -2.44. The monoisotopic (exact) mass is 276 g/mol. The van der Waals surface area contributed by atoms with Crippen LogP contribution in [0.4, 0.5) is 0 Å². The van der Waals surface area contributed by atoms with Gasteiger partial charge in [0.1, 0.15) is 6.29 Å². The third-order valence-electron chi connectivity index (χ3n) is 6.11. The summed E-state index contributed by atoms with van der Waals surface area (Å²) in [6.45, 7) is 9.39. The Balaban J connectivity index is 2.07. The maximum absolute atomic E-state index is 11.4. The average molecular weight is 276 g/mol. The van der Waals surface area contributed by atoms with Crippen molar-refractivity contribution in [3.8, 4) is 0 Å². The lowest BCUT2D eigenvalue weighted by Crippen LogP contribution is -2.38. The minimum absolute atomic E-state index is 0.335. The highest BCUT2D eigenvalue weighted by molar-refractivity contribution is 5.55. The summed E-state index contributed by atoms with van der Waals surface area (Å²) in [6, 6.07) is 0. The van der Waals surface area contributed by atoms with Crippen molar-refractivity contribution >= 4 is 6.29 Å². The summed E-state index contributed by atoms with van der Waals surface area (Å²) in [5.74, 6) is 2.50. The summed E-state index contributed by atoms with van der Waals surface area (Å²) in [7, 11) is 0. The van der Waals surface area contributed by atoms with Crippen LogP contribution in [-0.2, 0) is 4.79 Å². The zero-order valence-corrected chi connectivity index (χ0v) is 13.8. The molecule has 0 aliphatic heterocycles. The van der Waals surface area contributed by atoms with Crippen LogP contribution in [0, 0.1) is 29.1 Å². The van der Waals surface area contributed by atoms with Gasteiger partial charge in [-0.3, -0.25) is 0 Å². The van der Waals surface area contributed by atoms with Crippen molar-refractivity contribution in [2.75, 3.05) is 0 Å². The van der Waals surface area contributed by atoms with Gasteiger partial charge in [0.05, 0.1) is 0 Å². The third kappa shape index (κ3) is 3.02. The van der Waals surface area contributed by atoms with E-state index in [1.54, 1.807) is 5.57 Å². The Morgan fingerprint density at radius 1 is 1.30 bits per heavy atom. The lowest BCUT2D eigenvalue weighted by atomic mass is 9.60. The van der Waals surface area contributed by atoms with Gasteiger partial charge in [-0.15, -0.1) is 0 Å². The van der Waals surface area contributed by atoms with Gasteiger partial charge in [-0.25, -0.2) is 0 Å². The topological polar surface area (TPSA) is 17.1 Å². The lowest BCUT2D eigenvalue weighted by molar-refractivity contribution is -0.115. The van der Waals surface area contributed by atoms with Crippen molar-refractivity contribution in [2.24, 2.45) is 29.1 Å². The maximum Gasteiger partial charge on any atom is 0.123 e. The Morgan fingerprint density at radius 2 is 2.05 bits per heavy atom. The van der Waals surface area contributed by atoms with Gasteiger partial charge >= 0.3 is 0 Å². The fourth-order valence-electron chi connectivity index (χ4n) is 4.94. The standard InChI is InChI=1S/C19H32O/c1-14(2)7-5-8-15(3)17-10-11-18-16(13-20)9-6-12-19(17,18)4/h8,13-14,16-18H,5-7,9-12H2,1-4H3/b15-8+/t16?,17-,18+,19-/m1/s1. The van der Waals surface area contributed by atoms with Crippen LogP contribution in [0.2, 0.25) is 0 Å². The number of carbonyl (C=O) groups excluding carboxylic acids is 1.